The SMILES string of the molecule is C[C@@H]([NH2+]Cc1cccs1)c1nc2scc(-c3cccs3)c2c(=O)[nH]1. The highest BCUT2D eigenvalue weighted by molar-refractivity contribution is 7.18. The van der Waals surface area contributed by atoms with Crippen LogP contribution in [-0.2, 0) is 6.54 Å². The summed E-state index contributed by atoms with van der Waals surface area (Å²) in [5.74, 6) is 0.739. The van der Waals surface area contributed by atoms with Gasteiger partial charge in [-0.25, -0.2) is 4.98 Å². The molecule has 0 spiro atoms. The van der Waals surface area contributed by atoms with Crippen LogP contribution in [0.2, 0.25) is 0 Å². The van der Waals surface area contributed by atoms with Crippen molar-refractivity contribution in [3.05, 3.63) is 61.5 Å². The van der Waals surface area contributed by atoms with Crippen LogP contribution in [0.15, 0.2) is 45.2 Å². The Bertz CT molecular complexity index is 1000. The molecule has 0 bridgehead atoms. The van der Waals surface area contributed by atoms with Crippen molar-refractivity contribution in [3.8, 4) is 10.4 Å². The van der Waals surface area contributed by atoms with Gasteiger partial charge in [-0.3, -0.25) is 4.79 Å². The lowest BCUT2D eigenvalue weighted by molar-refractivity contribution is -0.708. The van der Waals surface area contributed by atoms with Gasteiger partial charge in [0.1, 0.15) is 17.4 Å². The second-order valence-electron chi connectivity index (χ2n) is 5.57. The fourth-order valence-corrected chi connectivity index (χ4v) is 5.08. The smallest absolute Gasteiger partial charge is 0.260 e. The lowest BCUT2D eigenvalue weighted by atomic mass is 10.2. The van der Waals surface area contributed by atoms with E-state index in [1.807, 2.05) is 22.9 Å². The van der Waals surface area contributed by atoms with E-state index in [0.29, 0.717) is 5.39 Å². The predicted molar refractivity (Wildman–Crippen MR) is 102 cm³/mol. The zero-order chi connectivity index (χ0) is 16.5. The second-order valence-corrected chi connectivity index (χ2v) is 8.40. The Morgan fingerprint density at radius 2 is 2.04 bits per heavy atom. The molecule has 4 nitrogen and oxygen atoms in total. The zero-order valence-corrected chi connectivity index (χ0v) is 15.4. The maximum absolute atomic E-state index is 12.6. The van der Waals surface area contributed by atoms with Crippen LogP contribution >= 0.6 is 34.0 Å². The van der Waals surface area contributed by atoms with Gasteiger partial charge in [-0.1, -0.05) is 12.1 Å². The Morgan fingerprint density at radius 1 is 1.21 bits per heavy atom. The van der Waals surface area contributed by atoms with Crippen molar-refractivity contribution in [3.63, 3.8) is 0 Å². The molecule has 0 aromatic carbocycles. The van der Waals surface area contributed by atoms with Gasteiger partial charge in [0.25, 0.3) is 5.56 Å². The maximum Gasteiger partial charge on any atom is 0.260 e. The summed E-state index contributed by atoms with van der Waals surface area (Å²) in [5, 5.41) is 9.04. The van der Waals surface area contributed by atoms with Gasteiger partial charge >= 0.3 is 0 Å². The lowest BCUT2D eigenvalue weighted by Crippen LogP contribution is -2.83. The van der Waals surface area contributed by atoms with Crippen molar-refractivity contribution in [1.82, 2.24) is 9.97 Å². The third kappa shape index (κ3) is 2.95. The standard InChI is InChI=1S/C17H15N3OS3/c1-10(18-8-11-4-2-6-22-11)15-19-16(21)14-12(9-24-17(14)20-15)13-5-3-7-23-13/h2-7,9-10,18H,8H2,1H3,(H,19,20,21)/p+1/t10-/m1/s1. The molecule has 4 heterocycles. The average molecular weight is 375 g/mol. The number of nitrogens with one attached hydrogen (secondary N) is 1. The number of nitrogens with zero attached hydrogens (tertiary/aromatic N) is 1. The van der Waals surface area contributed by atoms with Gasteiger partial charge in [-0.15, -0.1) is 34.0 Å². The molecular formula is C17H16N3OS3+. The van der Waals surface area contributed by atoms with Crippen LogP contribution < -0.4 is 10.9 Å². The monoisotopic (exact) mass is 374 g/mol. The Balaban J connectivity index is 1.65. The van der Waals surface area contributed by atoms with Crippen LogP contribution in [0.1, 0.15) is 23.7 Å². The van der Waals surface area contributed by atoms with E-state index in [1.165, 1.54) is 16.2 Å². The fraction of sp³-hybridized carbons (Fsp3) is 0.176. The molecule has 0 saturated carbocycles. The molecular weight excluding hydrogens is 358 g/mol. The third-order valence-corrected chi connectivity index (χ3v) is 6.61. The minimum absolute atomic E-state index is 0.0453. The van der Waals surface area contributed by atoms with Gasteiger partial charge in [0.2, 0.25) is 0 Å². The van der Waals surface area contributed by atoms with Gasteiger partial charge in [-0.05, 0) is 29.8 Å². The number of thiophene rings is 3. The summed E-state index contributed by atoms with van der Waals surface area (Å²) in [6.07, 6.45) is 0. The molecule has 7 heteroatoms. The van der Waals surface area contributed by atoms with Gasteiger partial charge in [0.15, 0.2) is 5.82 Å². The van der Waals surface area contributed by atoms with Crippen LogP contribution in [-0.4, -0.2) is 9.97 Å². The summed E-state index contributed by atoms with van der Waals surface area (Å²) < 4.78 is 0. The van der Waals surface area contributed by atoms with Crippen molar-refractivity contribution in [1.29, 1.82) is 0 Å². The highest BCUT2D eigenvalue weighted by atomic mass is 32.1. The molecule has 0 aliphatic heterocycles. The van der Waals surface area contributed by atoms with E-state index in [2.05, 4.69) is 34.7 Å². The zero-order valence-electron chi connectivity index (χ0n) is 13.0. The van der Waals surface area contributed by atoms with E-state index in [0.717, 1.165) is 27.6 Å². The van der Waals surface area contributed by atoms with Crippen LogP contribution in [0.4, 0.5) is 0 Å². The first-order chi connectivity index (χ1) is 11.7. The van der Waals surface area contributed by atoms with Crippen LogP contribution in [0.5, 0.6) is 0 Å². The molecule has 4 aromatic heterocycles. The summed E-state index contributed by atoms with van der Waals surface area (Å²) in [4.78, 5) is 23.6. The number of hydrogen-bond donors (Lipinski definition) is 2. The number of nitrogens with two attached hydrogens (primary N) is 1. The molecule has 122 valence electrons. The van der Waals surface area contributed by atoms with E-state index in [-0.39, 0.29) is 11.6 Å². The first kappa shape index (κ1) is 15.7. The summed E-state index contributed by atoms with van der Waals surface area (Å²) in [7, 11) is 0. The van der Waals surface area contributed by atoms with Crippen LogP contribution in [0, 0.1) is 0 Å². The van der Waals surface area contributed by atoms with Gasteiger partial charge in [0.05, 0.1) is 10.3 Å². The molecule has 0 fully saturated rings. The van der Waals surface area contributed by atoms with E-state index in [1.54, 1.807) is 22.7 Å². The lowest BCUT2D eigenvalue weighted by Gasteiger charge is -2.09. The Labute approximate surface area is 150 Å². The molecule has 24 heavy (non-hydrogen) atoms. The first-order valence-electron chi connectivity index (χ1n) is 7.63. The quantitative estimate of drug-likeness (QED) is 0.561. The van der Waals surface area contributed by atoms with Gasteiger partial charge in [0, 0.05) is 15.8 Å². The molecule has 0 aliphatic carbocycles. The third-order valence-electron chi connectivity index (χ3n) is 3.93. The van der Waals surface area contributed by atoms with Crippen molar-refractivity contribution in [2.24, 2.45) is 0 Å². The predicted octanol–water partition coefficient (Wildman–Crippen LogP) is 3.60. The highest BCUT2D eigenvalue weighted by Crippen LogP contribution is 2.33. The molecule has 0 saturated heterocycles. The fourth-order valence-electron chi connectivity index (χ4n) is 2.63. The van der Waals surface area contributed by atoms with Crippen LogP contribution in [0.3, 0.4) is 0 Å². The first-order valence-corrected chi connectivity index (χ1v) is 10.3. The topological polar surface area (TPSA) is 62.4 Å². The molecule has 4 rings (SSSR count). The number of hydrogen-bond acceptors (Lipinski definition) is 5. The van der Waals surface area contributed by atoms with Crippen molar-refractivity contribution in [2.45, 2.75) is 19.5 Å². The number of aromatic amines is 1. The van der Waals surface area contributed by atoms with E-state index < -0.39 is 0 Å². The van der Waals surface area contributed by atoms with Crippen molar-refractivity contribution < 1.29 is 5.32 Å². The van der Waals surface area contributed by atoms with Crippen molar-refractivity contribution >= 4 is 44.2 Å². The molecule has 0 radical (unpaired) electrons. The number of fused-ring (bicyclic) bond motifs is 1. The minimum Gasteiger partial charge on any atom is -0.333 e. The number of H-pyrrole nitrogens is 1. The number of aromatic nitrogens is 2. The highest BCUT2D eigenvalue weighted by Gasteiger charge is 2.17. The Morgan fingerprint density at radius 3 is 2.79 bits per heavy atom. The van der Waals surface area contributed by atoms with E-state index in [9.17, 15) is 4.79 Å². The Kier molecular flexibility index (Phi) is 4.32. The number of quaternary nitrogens is 1. The molecule has 1 atom stereocenters. The maximum atomic E-state index is 12.6. The van der Waals surface area contributed by atoms with E-state index in [4.69, 9.17) is 4.98 Å². The van der Waals surface area contributed by atoms with Gasteiger partial charge < -0.3 is 10.3 Å². The number of rotatable bonds is 5. The summed E-state index contributed by atoms with van der Waals surface area (Å²) in [5.41, 5.74) is 0.941. The summed E-state index contributed by atoms with van der Waals surface area (Å²) >= 11 is 4.93. The van der Waals surface area contributed by atoms with Gasteiger partial charge in [-0.2, -0.15) is 0 Å². The normalized spacial score (nSPS) is 12.7. The van der Waals surface area contributed by atoms with Crippen molar-refractivity contribution in [2.75, 3.05) is 0 Å². The largest absolute Gasteiger partial charge is 0.333 e. The minimum atomic E-state index is -0.0453. The summed E-state index contributed by atoms with van der Waals surface area (Å²) in [6.45, 7) is 2.97. The molecule has 0 unspecified atom stereocenters. The Hall–Kier alpha value is -1.80. The van der Waals surface area contributed by atoms with Crippen LogP contribution in [0.25, 0.3) is 20.7 Å². The molecule has 0 aliphatic rings. The van der Waals surface area contributed by atoms with E-state index >= 15 is 0 Å². The summed E-state index contributed by atoms with van der Waals surface area (Å²) in [6, 6.07) is 8.33. The molecule has 4 aromatic rings. The second kappa shape index (κ2) is 6.60. The molecule has 3 N–H and O–H groups in total. The molecule has 0 amide bonds. The average Bonchev–Trinajstić information content (AvgIpc) is 3.31.